The average molecular weight is 292 g/mol. The first-order valence-corrected chi connectivity index (χ1v) is 7.40. The van der Waals surface area contributed by atoms with Crippen LogP contribution in [0.1, 0.15) is 31.4 Å². The first-order chi connectivity index (χ1) is 10.1. The summed E-state index contributed by atoms with van der Waals surface area (Å²) in [6.07, 6.45) is 7.91. The van der Waals surface area contributed by atoms with Crippen LogP contribution in [0.4, 0.5) is 4.79 Å². The molecule has 0 radical (unpaired) electrons. The molecule has 2 saturated carbocycles. The fourth-order valence-electron chi connectivity index (χ4n) is 2.70. The molecule has 3 rings (SSSR count). The van der Waals surface area contributed by atoms with Gasteiger partial charge in [-0.15, -0.1) is 0 Å². The topological polar surface area (TPSA) is 107 Å². The van der Waals surface area contributed by atoms with Gasteiger partial charge < -0.3 is 20.7 Å². The largest absolute Gasteiger partial charge is 0.480 e. The van der Waals surface area contributed by atoms with Crippen molar-refractivity contribution in [1.29, 1.82) is 0 Å². The van der Waals surface area contributed by atoms with Crippen molar-refractivity contribution >= 4 is 12.0 Å². The lowest BCUT2D eigenvalue weighted by molar-refractivity contribution is -0.139. The van der Waals surface area contributed by atoms with E-state index in [0.29, 0.717) is 17.5 Å². The maximum absolute atomic E-state index is 12.0. The van der Waals surface area contributed by atoms with Crippen LogP contribution in [0.5, 0.6) is 0 Å². The standard InChI is InChI=1S/C14H20N4O3/c19-13(20)11(5-10-6-15-7-16-10)17-14(21)18-12(8-1-2-8)9-3-4-9/h6-9,11-12H,1-5H2,(H,15,16)(H,19,20)(H2,17,18,21)/t11-/m0/s1. The van der Waals surface area contributed by atoms with E-state index in [2.05, 4.69) is 20.6 Å². The number of aromatic amines is 1. The Kier molecular flexibility index (Phi) is 3.81. The second kappa shape index (κ2) is 5.75. The number of hydrogen-bond donors (Lipinski definition) is 4. The normalized spacial score (nSPS) is 19.3. The van der Waals surface area contributed by atoms with Crippen LogP contribution in [0.2, 0.25) is 0 Å². The molecule has 2 aliphatic carbocycles. The molecule has 114 valence electrons. The molecule has 0 saturated heterocycles. The Morgan fingerprint density at radius 1 is 1.29 bits per heavy atom. The smallest absolute Gasteiger partial charge is 0.326 e. The highest BCUT2D eigenvalue weighted by Crippen LogP contribution is 2.44. The first-order valence-electron chi connectivity index (χ1n) is 7.40. The Hall–Kier alpha value is -2.05. The summed E-state index contributed by atoms with van der Waals surface area (Å²) in [6, 6.07) is -1.12. The van der Waals surface area contributed by atoms with Gasteiger partial charge in [0, 0.05) is 24.4 Å². The molecule has 0 aliphatic heterocycles. The van der Waals surface area contributed by atoms with Gasteiger partial charge in [0.25, 0.3) is 0 Å². The van der Waals surface area contributed by atoms with Crippen LogP contribution in [0.25, 0.3) is 0 Å². The molecule has 2 aliphatic rings. The number of H-pyrrole nitrogens is 1. The number of amides is 2. The minimum atomic E-state index is -1.05. The summed E-state index contributed by atoms with van der Waals surface area (Å²) in [7, 11) is 0. The maximum atomic E-state index is 12.0. The van der Waals surface area contributed by atoms with Crippen LogP contribution in [0.15, 0.2) is 12.5 Å². The molecule has 1 atom stereocenters. The van der Waals surface area contributed by atoms with Gasteiger partial charge in [-0.05, 0) is 37.5 Å². The lowest BCUT2D eigenvalue weighted by Crippen LogP contribution is -2.51. The SMILES string of the molecule is O=C(NC(C1CC1)C1CC1)N[C@@H](Cc1cnc[nH]1)C(=O)O. The number of nitrogens with zero attached hydrogens (tertiary/aromatic N) is 1. The van der Waals surface area contributed by atoms with Crippen molar-refractivity contribution in [2.24, 2.45) is 11.8 Å². The summed E-state index contributed by atoms with van der Waals surface area (Å²) in [5.74, 6) is 0.118. The third-order valence-corrected chi connectivity index (χ3v) is 4.14. The number of hydrogen-bond acceptors (Lipinski definition) is 3. The Morgan fingerprint density at radius 3 is 2.43 bits per heavy atom. The predicted octanol–water partition coefficient (Wildman–Crippen LogP) is 0.893. The Bertz CT molecular complexity index is 496. The van der Waals surface area contributed by atoms with Gasteiger partial charge in [-0.3, -0.25) is 0 Å². The van der Waals surface area contributed by atoms with Gasteiger partial charge >= 0.3 is 12.0 Å². The highest BCUT2D eigenvalue weighted by molar-refractivity contribution is 5.82. The van der Waals surface area contributed by atoms with Crippen molar-refractivity contribution in [2.45, 2.75) is 44.2 Å². The van der Waals surface area contributed by atoms with E-state index in [1.165, 1.54) is 6.33 Å². The van der Waals surface area contributed by atoms with Crippen molar-refractivity contribution in [3.63, 3.8) is 0 Å². The fraction of sp³-hybridized carbons (Fsp3) is 0.643. The van der Waals surface area contributed by atoms with E-state index in [-0.39, 0.29) is 18.5 Å². The highest BCUT2D eigenvalue weighted by Gasteiger charge is 2.42. The zero-order valence-corrected chi connectivity index (χ0v) is 11.7. The molecule has 0 bridgehead atoms. The molecule has 21 heavy (non-hydrogen) atoms. The van der Waals surface area contributed by atoms with E-state index >= 15 is 0 Å². The van der Waals surface area contributed by atoms with E-state index in [1.54, 1.807) is 6.20 Å². The van der Waals surface area contributed by atoms with Gasteiger partial charge in [0.2, 0.25) is 0 Å². The third-order valence-electron chi connectivity index (χ3n) is 4.14. The van der Waals surface area contributed by atoms with Crippen LogP contribution in [0, 0.1) is 11.8 Å². The highest BCUT2D eigenvalue weighted by atomic mass is 16.4. The maximum Gasteiger partial charge on any atom is 0.326 e. The first kappa shape index (κ1) is 13.9. The van der Waals surface area contributed by atoms with Gasteiger partial charge in [-0.2, -0.15) is 0 Å². The molecule has 2 amide bonds. The second-order valence-corrected chi connectivity index (χ2v) is 5.99. The molecule has 2 fully saturated rings. The number of aliphatic carboxylic acids is 1. The molecule has 7 heteroatoms. The molecule has 1 heterocycles. The minimum Gasteiger partial charge on any atom is -0.480 e. The summed E-state index contributed by atoms with van der Waals surface area (Å²) in [4.78, 5) is 30.0. The molecule has 0 aromatic carbocycles. The number of imidazole rings is 1. The third kappa shape index (κ3) is 3.74. The van der Waals surface area contributed by atoms with Crippen LogP contribution >= 0.6 is 0 Å². The van der Waals surface area contributed by atoms with Crippen LogP contribution in [0.3, 0.4) is 0 Å². The molecule has 1 aromatic rings. The van der Waals surface area contributed by atoms with Gasteiger partial charge in [-0.25, -0.2) is 14.6 Å². The summed E-state index contributed by atoms with van der Waals surface area (Å²) in [6.45, 7) is 0. The van der Waals surface area contributed by atoms with Crippen molar-refractivity contribution in [3.05, 3.63) is 18.2 Å². The number of aromatic nitrogens is 2. The average Bonchev–Trinajstić information content (AvgIpc) is 3.36. The summed E-state index contributed by atoms with van der Waals surface area (Å²) < 4.78 is 0. The molecule has 0 spiro atoms. The molecule has 0 unspecified atom stereocenters. The fourth-order valence-corrected chi connectivity index (χ4v) is 2.70. The zero-order chi connectivity index (χ0) is 14.8. The van der Waals surface area contributed by atoms with E-state index in [9.17, 15) is 14.7 Å². The summed E-state index contributed by atoms with van der Waals surface area (Å²) >= 11 is 0. The second-order valence-electron chi connectivity index (χ2n) is 5.99. The van der Waals surface area contributed by atoms with Crippen molar-refractivity contribution < 1.29 is 14.7 Å². The lowest BCUT2D eigenvalue weighted by Gasteiger charge is -2.20. The number of urea groups is 1. The van der Waals surface area contributed by atoms with Crippen LogP contribution in [-0.2, 0) is 11.2 Å². The quantitative estimate of drug-likeness (QED) is 0.598. The van der Waals surface area contributed by atoms with Gasteiger partial charge in [-0.1, -0.05) is 0 Å². The minimum absolute atomic E-state index is 0.195. The van der Waals surface area contributed by atoms with Gasteiger partial charge in [0.05, 0.1) is 6.33 Å². The van der Waals surface area contributed by atoms with Crippen LogP contribution in [-0.4, -0.2) is 39.2 Å². The van der Waals surface area contributed by atoms with E-state index in [1.807, 2.05) is 0 Å². The Morgan fingerprint density at radius 2 is 1.95 bits per heavy atom. The summed E-state index contributed by atoms with van der Waals surface area (Å²) in [5, 5.41) is 14.7. The number of carbonyl (C=O) groups is 2. The van der Waals surface area contributed by atoms with Crippen molar-refractivity contribution in [3.8, 4) is 0 Å². The lowest BCUT2D eigenvalue weighted by atomic mass is 10.1. The van der Waals surface area contributed by atoms with Crippen LogP contribution < -0.4 is 10.6 Å². The molecule has 7 nitrogen and oxygen atoms in total. The molecular weight excluding hydrogens is 272 g/mol. The summed E-state index contributed by atoms with van der Waals surface area (Å²) in [5.41, 5.74) is 0.684. The monoisotopic (exact) mass is 292 g/mol. The number of nitrogens with one attached hydrogen (secondary N) is 3. The van der Waals surface area contributed by atoms with E-state index in [0.717, 1.165) is 25.7 Å². The number of carbonyl (C=O) groups excluding carboxylic acids is 1. The number of carboxylic acids is 1. The van der Waals surface area contributed by atoms with Gasteiger partial charge in [0.1, 0.15) is 6.04 Å². The van der Waals surface area contributed by atoms with Gasteiger partial charge in [0.15, 0.2) is 0 Å². The van der Waals surface area contributed by atoms with Crippen molar-refractivity contribution in [1.82, 2.24) is 20.6 Å². The molecular formula is C14H20N4O3. The van der Waals surface area contributed by atoms with E-state index < -0.39 is 12.0 Å². The Labute approximate surface area is 122 Å². The number of rotatable bonds is 7. The van der Waals surface area contributed by atoms with E-state index in [4.69, 9.17) is 0 Å². The molecule has 1 aromatic heterocycles. The predicted molar refractivity (Wildman–Crippen MR) is 74.6 cm³/mol. The Balaban J connectivity index is 1.54. The van der Waals surface area contributed by atoms with Crippen molar-refractivity contribution in [2.75, 3.05) is 0 Å². The zero-order valence-electron chi connectivity index (χ0n) is 11.7. The molecule has 4 N–H and O–H groups in total. The number of carboxylic acid groups (broad SMARTS) is 1.